The molecule has 1 N–H and O–H groups in total. The molecule has 0 saturated carbocycles. The molecular formula is C16H20N4O. The first kappa shape index (κ1) is 13.8. The van der Waals surface area contributed by atoms with Crippen LogP contribution in [0.25, 0.3) is 0 Å². The molecule has 1 aliphatic heterocycles. The molecule has 0 aromatic carbocycles. The van der Waals surface area contributed by atoms with Crippen molar-refractivity contribution in [2.75, 3.05) is 13.6 Å². The first-order valence-corrected chi connectivity index (χ1v) is 7.21. The van der Waals surface area contributed by atoms with Gasteiger partial charge in [0.25, 0.3) is 0 Å². The van der Waals surface area contributed by atoms with Crippen LogP contribution in [0.15, 0.2) is 42.9 Å². The predicted octanol–water partition coefficient (Wildman–Crippen LogP) is 1.26. The van der Waals surface area contributed by atoms with Gasteiger partial charge in [-0.05, 0) is 30.8 Å². The third-order valence-electron chi connectivity index (χ3n) is 3.86. The van der Waals surface area contributed by atoms with Crippen molar-refractivity contribution in [3.8, 4) is 0 Å². The molecule has 5 nitrogen and oxygen atoms in total. The highest BCUT2D eigenvalue weighted by atomic mass is 16.1. The maximum absolute atomic E-state index is 12.4. The largest absolute Gasteiger partial charge is 0.352 e. The molecule has 0 unspecified atom stereocenters. The highest BCUT2D eigenvalue weighted by Gasteiger charge is 2.24. The molecule has 110 valence electrons. The van der Waals surface area contributed by atoms with Gasteiger partial charge in [-0.2, -0.15) is 0 Å². The van der Waals surface area contributed by atoms with Crippen LogP contribution in [-0.4, -0.2) is 34.0 Å². The van der Waals surface area contributed by atoms with Crippen molar-refractivity contribution in [3.63, 3.8) is 0 Å². The van der Waals surface area contributed by atoms with Gasteiger partial charge in [-0.1, -0.05) is 6.07 Å². The van der Waals surface area contributed by atoms with Gasteiger partial charge >= 0.3 is 0 Å². The number of pyridine rings is 1. The minimum absolute atomic E-state index is 0.0275. The molecule has 3 heterocycles. The minimum Gasteiger partial charge on any atom is -0.352 e. The van der Waals surface area contributed by atoms with Crippen LogP contribution in [0.3, 0.4) is 0 Å². The fraction of sp³-hybridized carbons (Fsp3) is 0.375. The summed E-state index contributed by atoms with van der Waals surface area (Å²) in [6.45, 7) is 2.94. The lowest BCUT2D eigenvalue weighted by molar-refractivity contribution is -0.126. The van der Waals surface area contributed by atoms with E-state index in [1.807, 2.05) is 18.2 Å². The summed E-state index contributed by atoms with van der Waals surface area (Å²) in [6.07, 6.45) is 5.57. The number of rotatable bonds is 3. The lowest BCUT2D eigenvalue weighted by Crippen LogP contribution is -2.37. The van der Waals surface area contributed by atoms with Crippen molar-refractivity contribution >= 4 is 5.91 Å². The fourth-order valence-electron chi connectivity index (χ4n) is 2.79. The molecular weight excluding hydrogens is 264 g/mol. The highest BCUT2D eigenvalue weighted by molar-refractivity contribution is 5.78. The summed E-state index contributed by atoms with van der Waals surface area (Å²) in [5.74, 6) is 0.0765. The van der Waals surface area contributed by atoms with E-state index in [2.05, 4.69) is 39.1 Å². The zero-order valence-electron chi connectivity index (χ0n) is 12.2. The molecule has 1 aliphatic rings. The molecule has 2 aromatic rings. The van der Waals surface area contributed by atoms with Crippen molar-refractivity contribution in [2.24, 2.45) is 5.92 Å². The van der Waals surface area contributed by atoms with Crippen LogP contribution >= 0.6 is 0 Å². The van der Waals surface area contributed by atoms with Crippen molar-refractivity contribution in [3.05, 3.63) is 54.1 Å². The van der Waals surface area contributed by atoms with Gasteiger partial charge in [-0.15, -0.1) is 0 Å². The van der Waals surface area contributed by atoms with Crippen LogP contribution in [0.5, 0.6) is 0 Å². The highest BCUT2D eigenvalue weighted by Crippen LogP contribution is 2.16. The molecule has 0 saturated heterocycles. The van der Waals surface area contributed by atoms with Gasteiger partial charge in [-0.3, -0.25) is 14.7 Å². The molecule has 0 bridgehead atoms. The van der Waals surface area contributed by atoms with Crippen LogP contribution in [0.4, 0.5) is 0 Å². The van der Waals surface area contributed by atoms with Crippen LogP contribution in [-0.2, 0) is 24.4 Å². The maximum atomic E-state index is 12.4. The molecule has 0 fully saturated rings. The molecule has 1 atom stereocenters. The molecule has 1 amide bonds. The summed E-state index contributed by atoms with van der Waals surface area (Å²) in [5, 5.41) is 3.02. The smallest absolute Gasteiger partial charge is 0.226 e. The number of aromatic nitrogens is 2. The Kier molecular flexibility index (Phi) is 4.01. The average Bonchev–Trinajstić information content (AvgIpc) is 2.85. The van der Waals surface area contributed by atoms with Gasteiger partial charge in [-0.25, -0.2) is 0 Å². The Labute approximate surface area is 124 Å². The zero-order valence-corrected chi connectivity index (χ0v) is 12.2. The van der Waals surface area contributed by atoms with E-state index >= 15 is 0 Å². The van der Waals surface area contributed by atoms with Gasteiger partial charge in [0, 0.05) is 50.5 Å². The van der Waals surface area contributed by atoms with E-state index in [4.69, 9.17) is 0 Å². The Morgan fingerprint density at radius 1 is 1.38 bits per heavy atom. The Morgan fingerprint density at radius 2 is 2.29 bits per heavy atom. The third-order valence-corrected chi connectivity index (χ3v) is 3.86. The SMILES string of the molecule is CN1Cc2cccn2C[C@H](C(=O)NCc2cccnc2)C1. The van der Waals surface area contributed by atoms with Crippen LogP contribution < -0.4 is 5.32 Å². The van der Waals surface area contributed by atoms with Gasteiger partial charge in [0.1, 0.15) is 0 Å². The van der Waals surface area contributed by atoms with E-state index in [0.29, 0.717) is 6.54 Å². The van der Waals surface area contributed by atoms with E-state index in [-0.39, 0.29) is 11.8 Å². The second-order valence-electron chi connectivity index (χ2n) is 5.62. The number of amides is 1. The summed E-state index contributed by atoms with van der Waals surface area (Å²) in [6, 6.07) is 8.01. The lowest BCUT2D eigenvalue weighted by Gasteiger charge is -2.19. The van der Waals surface area contributed by atoms with E-state index in [0.717, 1.165) is 25.2 Å². The topological polar surface area (TPSA) is 50.2 Å². The fourth-order valence-corrected chi connectivity index (χ4v) is 2.79. The minimum atomic E-state index is -0.0275. The standard InChI is InChI=1S/C16H20N4O/c1-19-10-14(11-20-7-3-5-15(20)12-19)16(21)18-9-13-4-2-6-17-8-13/h2-8,14H,9-12H2,1H3,(H,18,21)/t14-/m1/s1. The molecule has 0 spiro atoms. The van der Waals surface area contributed by atoms with Crippen molar-refractivity contribution in [1.29, 1.82) is 0 Å². The van der Waals surface area contributed by atoms with Gasteiger partial charge in [0.2, 0.25) is 5.91 Å². The summed E-state index contributed by atoms with van der Waals surface area (Å²) >= 11 is 0. The molecule has 0 aliphatic carbocycles. The Morgan fingerprint density at radius 3 is 3.10 bits per heavy atom. The number of nitrogens with zero attached hydrogens (tertiary/aromatic N) is 3. The summed E-state index contributed by atoms with van der Waals surface area (Å²) in [7, 11) is 2.06. The number of fused-ring (bicyclic) bond motifs is 1. The van der Waals surface area contributed by atoms with E-state index in [1.54, 1.807) is 12.4 Å². The van der Waals surface area contributed by atoms with Gasteiger partial charge in [0.05, 0.1) is 5.92 Å². The number of carbonyl (C=O) groups excluding carboxylic acids is 1. The molecule has 3 rings (SSSR count). The number of carbonyl (C=O) groups is 1. The van der Waals surface area contributed by atoms with Crippen molar-refractivity contribution in [2.45, 2.75) is 19.6 Å². The van der Waals surface area contributed by atoms with E-state index in [1.165, 1.54) is 5.69 Å². The Bertz CT molecular complexity index is 608. The summed E-state index contributed by atoms with van der Waals surface area (Å²) < 4.78 is 2.18. The normalized spacial score (nSPS) is 18.8. The van der Waals surface area contributed by atoms with E-state index < -0.39 is 0 Å². The quantitative estimate of drug-likeness (QED) is 0.923. The molecule has 2 aromatic heterocycles. The van der Waals surface area contributed by atoms with Crippen molar-refractivity contribution in [1.82, 2.24) is 19.8 Å². The van der Waals surface area contributed by atoms with Gasteiger partial charge < -0.3 is 9.88 Å². The molecule has 0 radical (unpaired) electrons. The van der Waals surface area contributed by atoms with Crippen LogP contribution in [0, 0.1) is 5.92 Å². The predicted molar refractivity (Wildman–Crippen MR) is 80.3 cm³/mol. The lowest BCUT2D eigenvalue weighted by atomic mass is 10.1. The Balaban J connectivity index is 1.64. The Hall–Kier alpha value is -2.14. The van der Waals surface area contributed by atoms with Crippen LogP contribution in [0.2, 0.25) is 0 Å². The zero-order chi connectivity index (χ0) is 14.7. The monoisotopic (exact) mass is 284 g/mol. The number of hydrogen-bond acceptors (Lipinski definition) is 3. The summed E-state index contributed by atoms with van der Waals surface area (Å²) in [4.78, 5) is 18.7. The first-order valence-electron chi connectivity index (χ1n) is 7.21. The number of hydrogen-bond donors (Lipinski definition) is 1. The first-order chi connectivity index (χ1) is 10.2. The van der Waals surface area contributed by atoms with E-state index in [9.17, 15) is 4.79 Å². The summed E-state index contributed by atoms with van der Waals surface area (Å²) in [5.41, 5.74) is 2.29. The third kappa shape index (κ3) is 3.31. The molecule has 5 heteroatoms. The second-order valence-corrected chi connectivity index (χ2v) is 5.62. The second kappa shape index (κ2) is 6.10. The number of nitrogens with one attached hydrogen (secondary N) is 1. The molecule has 21 heavy (non-hydrogen) atoms. The van der Waals surface area contributed by atoms with Gasteiger partial charge in [0.15, 0.2) is 0 Å². The van der Waals surface area contributed by atoms with Crippen molar-refractivity contribution < 1.29 is 4.79 Å². The average molecular weight is 284 g/mol. The van der Waals surface area contributed by atoms with Crippen LogP contribution in [0.1, 0.15) is 11.3 Å². The maximum Gasteiger partial charge on any atom is 0.226 e.